The normalized spacial score (nSPS) is 10.8. The van der Waals surface area contributed by atoms with Gasteiger partial charge >= 0.3 is 6.18 Å². The maximum absolute atomic E-state index is 12.5. The van der Waals surface area contributed by atoms with Crippen molar-refractivity contribution in [2.45, 2.75) is 19.0 Å². The highest BCUT2D eigenvalue weighted by molar-refractivity contribution is 5.40. The molecule has 0 spiro atoms. The topological polar surface area (TPSA) is 38.9 Å². The molecular weight excluding hydrogens is 217 g/mol. The molecule has 0 aliphatic carbocycles. The molecule has 0 saturated heterocycles. The van der Waals surface area contributed by atoms with Crippen molar-refractivity contribution in [2.75, 3.05) is 6.54 Å². The fourth-order valence-corrected chi connectivity index (χ4v) is 1.09. The van der Waals surface area contributed by atoms with Gasteiger partial charge in [-0.2, -0.15) is 13.2 Å². The SMILES string of the molecule is NCCCC#Cc1cnccc1C(F)(F)F. The lowest BCUT2D eigenvalue weighted by atomic mass is 10.1. The van der Waals surface area contributed by atoms with Crippen LogP contribution >= 0.6 is 0 Å². The molecule has 0 aromatic carbocycles. The van der Waals surface area contributed by atoms with Gasteiger partial charge < -0.3 is 5.73 Å². The van der Waals surface area contributed by atoms with E-state index in [9.17, 15) is 13.2 Å². The number of halogens is 3. The van der Waals surface area contributed by atoms with Crippen LogP contribution in [0.2, 0.25) is 0 Å². The van der Waals surface area contributed by atoms with E-state index < -0.39 is 11.7 Å². The Kier molecular flexibility index (Phi) is 4.32. The molecule has 0 bridgehead atoms. The second kappa shape index (κ2) is 5.52. The predicted octanol–water partition coefficient (Wildman–Crippen LogP) is 2.19. The molecule has 2 nitrogen and oxygen atoms in total. The lowest BCUT2D eigenvalue weighted by molar-refractivity contribution is -0.137. The summed E-state index contributed by atoms with van der Waals surface area (Å²) in [5.41, 5.74) is 4.41. The first-order valence-electron chi connectivity index (χ1n) is 4.76. The van der Waals surface area contributed by atoms with Crippen molar-refractivity contribution in [3.8, 4) is 11.8 Å². The molecule has 0 unspecified atom stereocenters. The maximum atomic E-state index is 12.5. The summed E-state index contributed by atoms with van der Waals surface area (Å²) in [7, 11) is 0. The van der Waals surface area contributed by atoms with Crippen LogP contribution in [0.5, 0.6) is 0 Å². The van der Waals surface area contributed by atoms with Crippen LogP contribution in [0.3, 0.4) is 0 Å². The van der Waals surface area contributed by atoms with Crippen molar-refractivity contribution in [3.05, 3.63) is 29.6 Å². The van der Waals surface area contributed by atoms with E-state index in [2.05, 4.69) is 16.8 Å². The van der Waals surface area contributed by atoms with E-state index in [0.29, 0.717) is 19.4 Å². The Morgan fingerprint density at radius 2 is 2.12 bits per heavy atom. The van der Waals surface area contributed by atoms with Crippen LogP contribution < -0.4 is 5.73 Å². The van der Waals surface area contributed by atoms with Gasteiger partial charge in [0.1, 0.15) is 0 Å². The Balaban J connectivity index is 2.90. The van der Waals surface area contributed by atoms with Crippen molar-refractivity contribution >= 4 is 0 Å². The molecule has 2 N–H and O–H groups in total. The highest BCUT2D eigenvalue weighted by Gasteiger charge is 2.32. The van der Waals surface area contributed by atoms with E-state index in [-0.39, 0.29) is 5.56 Å². The van der Waals surface area contributed by atoms with Crippen molar-refractivity contribution < 1.29 is 13.2 Å². The highest BCUT2D eigenvalue weighted by Crippen LogP contribution is 2.30. The zero-order valence-corrected chi connectivity index (χ0v) is 8.51. The minimum Gasteiger partial charge on any atom is -0.330 e. The zero-order valence-electron chi connectivity index (χ0n) is 8.51. The largest absolute Gasteiger partial charge is 0.417 e. The smallest absolute Gasteiger partial charge is 0.330 e. The van der Waals surface area contributed by atoms with Crippen molar-refractivity contribution in [1.82, 2.24) is 4.98 Å². The van der Waals surface area contributed by atoms with Gasteiger partial charge in [0.15, 0.2) is 0 Å². The van der Waals surface area contributed by atoms with Crippen molar-refractivity contribution in [3.63, 3.8) is 0 Å². The molecule has 0 radical (unpaired) electrons. The van der Waals surface area contributed by atoms with Gasteiger partial charge in [-0.15, -0.1) is 0 Å². The molecule has 1 heterocycles. The average Bonchev–Trinajstić information content (AvgIpc) is 2.24. The van der Waals surface area contributed by atoms with Gasteiger partial charge in [0.25, 0.3) is 0 Å². The Bertz CT molecular complexity index is 402. The molecule has 86 valence electrons. The fraction of sp³-hybridized carbons (Fsp3) is 0.364. The van der Waals surface area contributed by atoms with Crippen molar-refractivity contribution in [1.29, 1.82) is 0 Å². The van der Waals surface area contributed by atoms with E-state index in [4.69, 9.17) is 5.73 Å². The van der Waals surface area contributed by atoms with Crippen LogP contribution in [0, 0.1) is 11.8 Å². The summed E-state index contributed by atoms with van der Waals surface area (Å²) in [5.74, 6) is 5.11. The quantitative estimate of drug-likeness (QED) is 0.622. The van der Waals surface area contributed by atoms with Gasteiger partial charge in [0, 0.05) is 18.8 Å². The Labute approximate surface area is 91.7 Å². The van der Waals surface area contributed by atoms with E-state index in [1.807, 2.05) is 0 Å². The summed E-state index contributed by atoms with van der Waals surface area (Å²) in [4.78, 5) is 3.63. The molecule has 1 aromatic rings. The van der Waals surface area contributed by atoms with Crippen LogP contribution in [0.4, 0.5) is 13.2 Å². The average molecular weight is 228 g/mol. The fourth-order valence-electron chi connectivity index (χ4n) is 1.09. The molecule has 16 heavy (non-hydrogen) atoms. The van der Waals surface area contributed by atoms with Gasteiger partial charge in [0.05, 0.1) is 11.1 Å². The standard InChI is InChI=1S/C11H11F3N2/c12-11(13,14)10-5-7-16-8-9(10)4-2-1-3-6-15/h5,7-8H,1,3,6,15H2. The van der Waals surface area contributed by atoms with E-state index in [1.165, 1.54) is 0 Å². The van der Waals surface area contributed by atoms with Crippen LogP contribution in [0.1, 0.15) is 24.0 Å². The Morgan fingerprint density at radius 1 is 1.38 bits per heavy atom. The van der Waals surface area contributed by atoms with Crippen LogP contribution in [-0.2, 0) is 6.18 Å². The summed E-state index contributed by atoms with van der Waals surface area (Å²) in [6.45, 7) is 0.480. The molecule has 0 amide bonds. The molecule has 0 atom stereocenters. The second-order valence-corrected chi connectivity index (χ2v) is 3.11. The molecule has 0 aliphatic heterocycles. The first-order valence-corrected chi connectivity index (χ1v) is 4.76. The van der Waals surface area contributed by atoms with E-state index >= 15 is 0 Å². The third-order valence-electron chi connectivity index (χ3n) is 1.86. The number of pyridine rings is 1. The van der Waals surface area contributed by atoms with Gasteiger partial charge in [-0.3, -0.25) is 4.98 Å². The number of nitrogens with two attached hydrogens (primary N) is 1. The van der Waals surface area contributed by atoms with Crippen LogP contribution in [0.15, 0.2) is 18.5 Å². The summed E-state index contributed by atoms with van der Waals surface area (Å²) in [5, 5.41) is 0. The first kappa shape index (κ1) is 12.5. The summed E-state index contributed by atoms with van der Waals surface area (Å²) in [6.07, 6.45) is -0.996. The third kappa shape index (κ3) is 3.55. The lowest BCUT2D eigenvalue weighted by Crippen LogP contribution is -2.07. The van der Waals surface area contributed by atoms with E-state index in [0.717, 1.165) is 18.5 Å². The first-order chi connectivity index (χ1) is 7.55. The molecular formula is C11H11F3N2. The van der Waals surface area contributed by atoms with Gasteiger partial charge in [-0.05, 0) is 19.0 Å². The number of hydrogen-bond acceptors (Lipinski definition) is 2. The number of hydrogen-bond donors (Lipinski definition) is 1. The van der Waals surface area contributed by atoms with Crippen LogP contribution in [0.25, 0.3) is 0 Å². The summed E-state index contributed by atoms with van der Waals surface area (Å²) in [6, 6.07) is 0.924. The number of aromatic nitrogens is 1. The lowest BCUT2D eigenvalue weighted by Gasteiger charge is -2.07. The molecule has 1 aromatic heterocycles. The molecule has 5 heteroatoms. The van der Waals surface area contributed by atoms with Crippen molar-refractivity contribution in [2.24, 2.45) is 5.73 Å². The minimum absolute atomic E-state index is 0.0907. The monoisotopic (exact) mass is 228 g/mol. The van der Waals surface area contributed by atoms with Crippen LogP contribution in [-0.4, -0.2) is 11.5 Å². The maximum Gasteiger partial charge on any atom is 0.417 e. The number of unbranched alkanes of at least 4 members (excludes halogenated alkanes) is 1. The predicted molar refractivity (Wildman–Crippen MR) is 54.4 cm³/mol. The molecule has 1 rings (SSSR count). The molecule has 0 aliphatic rings. The number of nitrogens with zero attached hydrogens (tertiary/aromatic N) is 1. The Hall–Kier alpha value is -1.54. The Morgan fingerprint density at radius 3 is 2.75 bits per heavy atom. The molecule has 0 fully saturated rings. The second-order valence-electron chi connectivity index (χ2n) is 3.11. The van der Waals surface area contributed by atoms with Gasteiger partial charge in [0.2, 0.25) is 0 Å². The number of alkyl halides is 3. The van der Waals surface area contributed by atoms with Gasteiger partial charge in [-0.1, -0.05) is 11.8 Å². The molecule has 0 saturated carbocycles. The number of rotatable bonds is 2. The third-order valence-corrected chi connectivity index (χ3v) is 1.86. The zero-order chi connectivity index (χ0) is 12.0. The van der Waals surface area contributed by atoms with Gasteiger partial charge in [-0.25, -0.2) is 0 Å². The van der Waals surface area contributed by atoms with E-state index in [1.54, 1.807) is 0 Å². The minimum atomic E-state index is -4.39. The summed E-state index contributed by atoms with van der Waals surface area (Å²) >= 11 is 0. The summed E-state index contributed by atoms with van der Waals surface area (Å²) < 4.78 is 37.5. The highest BCUT2D eigenvalue weighted by atomic mass is 19.4.